The molecular weight excluding hydrogens is 313 g/mol. The molecule has 0 saturated heterocycles. The molecule has 0 aliphatic heterocycles. The highest BCUT2D eigenvalue weighted by molar-refractivity contribution is 9.10. The minimum Gasteiger partial charge on any atom is -0.465 e. The molecular formula is C14H19BrFNO2. The summed E-state index contributed by atoms with van der Waals surface area (Å²) in [6.45, 7) is 6.85. The molecule has 1 N–H and O–H groups in total. The zero-order valence-electron chi connectivity index (χ0n) is 11.4. The summed E-state index contributed by atoms with van der Waals surface area (Å²) in [5, 5.41) is 3.15. The van der Waals surface area contributed by atoms with Gasteiger partial charge in [0.15, 0.2) is 0 Å². The van der Waals surface area contributed by atoms with Gasteiger partial charge in [-0.25, -0.2) is 9.18 Å². The van der Waals surface area contributed by atoms with Gasteiger partial charge in [0, 0.05) is 4.47 Å². The second kappa shape index (κ2) is 7.60. The van der Waals surface area contributed by atoms with Crippen LogP contribution in [0.5, 0.6) is 0 Å². The number of carbonyl (C=O) groups is 1. The van der Waals surface area contributed by atoms with Crippen molar-refractivity contribution in [2.24, 2.45) is 5.92 Å². The molecule has 0 spiro atoms. The van der Waals surface area contributed by atoms with E-state index in [1.807, 2.05) is 0 Å². The summed E-state index contributed by atoms with van der Waals surface area (Å²) >= 11 is 3.29. The van der Waals surface area contributed by atoms with Crippen LogP contribution < -0.4 is 5.32 Å². The average Bonchev–Trinajstić information content (AvgIpc) is 2.31. The Morgan fingerprint density at radius 2 is 2.16 bits per heavy atom. The standard InChI is InChI=1S/C14H19BrFNO2/c1-4-19-14(18)13(17-8-9(2)3)11-6-5-10(16)7-12(11)15/h5-7,9,13,17H,4,8H2,1-3H3. The van der Waals surface area contributed by atoms with E-state index in [9.17, 15) is 9.18 Å². The number of benzene rings is 1. The molecule has 1 aromatic rings. The quantitative estimate of drug-likeness (QED) is 0.811. The fourth-order valence-corrected chi connectivity index (χ4v) is 2.21. The number of esters is 1. The van der Waals surface area contributed by atoms with Crippen molar-refractivity contribution in [3.63, 3.8) is 0 Å². The van der Waals surface area contributed by atoms with Crippen molar-refractivity contribution in [2.45, 2.75) is 26.8 Å². The Morgan fingerprint density at radius 3 is 2.68 bits per heavy atom. The molecule has 0 aliphatic rings. The normalized spacial score (nSPS) is 12.5. The Morgan fingerprint density at radius 1 is 1.47 bits per heavy atom. The molecule has 5 heteroatoms. The fourth-order valence-electron chi connectivity index (χ4n) is 1.64. The Kier molecular flexibility index (Phi) is 6.45. The van der Waals surface area contributed by atoms with Gasteiger partial charge in [-0.2, -0.15) is 0 Å². The summed E-state index contributed by atoms with van der Waals surface area (Å²) in [6, 6.07) is 3.69. The monoisotopic (exact) mass is 331 g/mol. The largest absolute Gasteiger partial charge is 0.465 e. The van der Waals surface area contributed by atoms with Gasteiger partial charge < -0.3 is 10.1 Å². The van der Waals surface area contributed by atoms with Gasteiger partial charge in [0.25, 0.3) is 0 Å². The third-order valence-electron chi connectivity index (χ3n) is 2.53. The van der Waals surface area contributed by atoms with E-state index in [1.165, 1.54) is 12.1 Å². The molecule has 0 amide bonds. The lowest BCUT2D eigenvalue weighted by Gasteiger charge is -2.20. The van der Waals surface area contributed by atoms with E-state index in [2.05, 4.69) is 35.1 Å². The van der Waals surface area contributed by atoms with Crippen LogP contribution in [0.25, 0.3) is 0 Å². The predicted octanol–water partition coefficient (Wildman–Crippen LogP) is 3.44. The van der Waals surface area contributed by atoms with Crippen LogP contribution in [0.15, 0.2) is 22.7 Å². The van der Waals surface area contributed by atoms with Crippen LogP contribution in [0.1, 0.15) is 32.4 Å². The van der Waals surface area contributed by atoms with Crippen LogP contribution in [-0.4, -0.2) is 19.1 Å². The zero-order chi connectivity index (χ0) is 14.4. The van der Waals surface area contributed by atoms with Crippen molar-refractivity contribution in [1.82, 2.24) is 5.32 Å². The zero-order valence-corrected chi connectivity index (χ0v) is 13.0. The SMILES string of the molecule is CCOC(=O)C(NCC(C)C)c1ccc(F)cc1Br. The van der Waals surface area contributed by atoms with Crippen molar-refractivity contribution in [3.05, 3.63) is 34.1 Å². The van der Waals surface area contributed by atoms with E-state index in [-0.39, 0.29) is 11.8 Å². The first-order chi connectivity index (χ1) is 8.95. The van der Waals surface area contributed by atoms with Gasteiger partial charge >= 0.3 is 5.97 Å². The summed E-state index contributed by atoms with van der Waals surface area (Å²) in [7, 11) is 0. The molecule has 1 atom stereocenters. The maximum atomic E-state index is 13.1. The molecule has 0 aromatic heterocycles. The van der Waals surface area contributed by atoms with Crippen LogP contribution in [0.3, 0.4) is 0 Å². The van der Waals surface area contributed by atoms with E-state index in [1.54, 1.807) is 13.0 Å². The lowest BCUT2D eigenvalue weighted by molar-refractivity contribution is -0.145. The predicted molar refractivity (Wildman–Crippen MR) is 76.3 cm³/mol. The molecule has 1 rings (SSSR count). The van der Waals surface area contributed by atoms with Gasteiger partial charge in [0.05, 0.1) is 6.61 Å². The second-order valence-corrected chi connectivity index (χ2v) is 5.51. The Bertz CT molecular complexity index is 437. The first kappa shape index (κ1) is 16.1. The summed E-state index contributed by atoms with van der Waals surface area (Å²) < 4.78 is 18.7. The molecule has 0 saturated carbocycles. The van der Waals surface area contributed by atoms with Gasteiger partial charge in [0.1, 0.15) is 11.9 Å². The van der Waals surface area contributed by atoms with E-state index in [0.29, 0.717) is 29.1 Å². The number of hydrogen-bond donors (Lipinski definition) is 1. The van der Waals surface area contributed by atoms with Crippen molar-refractivity contribution in [3.8, 4) is 0 Å². The number of ether oxygens (including phenoxy) is 1. The number of carbonyl (C=O) groups excluding carboxylic acids is 1. The first-order valence-electron chi connectivity index (χ1n) is 6.30. The second-order valence-electron chi connectivity index (χ2n) is 4.65. The Balaban J connectivity index is 2.97. The molecule has 19 heavy (non-hydrogen) atoms. The summed E-state index contributed by atoms with van der Waals surface area (Å²) in [4.78, 5) is 12.0. The topological polar surface area (TPSA) is 38.3 Å². The smallest absolute Gasteiger partial charge is 0.327 e. The minimum atomic E-state index is -0.586. The van der Waals surface area contributed by atoms with Gasteiger partial charge in [-0.05, 0) is 37.1 Å². The number of hydrogen-bond acceptors (Lipinski definition) is 3. The van der Waals surface area contributed by atoms with Gasteiger partial charge in [-0.15, -0.1) is 0 Å². The summed E-state index contributed by atoms with van der Waals surface area (Å²) in [6.07, 6.45) is 0. The van der Waals surface area contributed by atoms with E-state index in [0.717, 1.165) is 0 Å². The molecule has 1 unspecified atom stereocenters. The van der Waals surface area contributed by atoms with Crippen molar-refractivity contribution in [1.29, 1.82) is 0 Å². The number of nitrogens with one attached hydrogen (secondary N) is 1. The van der Waals surface area contributed by atoms with E-state index >= 15 is 0 Å². The summed E-state index contributed by atoms with van der Waals surface area (Å²) in [5.74, 6) is -0.297. The highest BCUT2D eigenvalue weighted by Crippen LogP contribution is 2.25. The van der Waals surface area contributed by atoms with Crippen molar-refractivity contribution >= 4 is 21.9 Å². The number of halogens is 2. The highest BCUT2D eigenvalue weighted by Gasteiger charge is 2.24. The maximum Gasteiger partial charge on any atom is 0.327 e. The first-order valence-corrected chi connectivity index (χ1v) is 7.10. The molecule has 1 aromatic carbocycles. The molecule has 3 nitrogen and oxygen atoms in total. The van der Waals surface area contributed by atoms with Gasteiger partial charge in [-0.1, -0.05) is 35.8 Å². The third kappa shape index (κ3) is 4.91. The lowest BCUT2D eigenvalue weighted by atomic mass is 10.1. The molecule has 106 valence electrons. The Hall–Kier alpha value is -0.940. The Labute approximate surface area is 121 Å². The molecule has 0 bridgehead atoms. The van der Waals surface area contributed by atoms with Crippen LogP contribution in [0.4, 0.5) is 4.39 Å². The van der Waals surface area contributed by atoms with Crippen LogP contribution in [0.2, 0.25) is 0 Å². The maximum absolute atomic E-state index is 13.1. The van der Waals surface area contributed by atoms with Gasteiger partial charge in [0.2, 0.25) is 0 Å². The molecule has 0 radical (unpaired) electrons. The molecule has 0 heterocycles. The highest BCUT2D eigenvalue weighted by atomic mass is 79.9. The van der Waals surface area contributed by atoms with Crippen LogP contribution >= 0.6 is 15.9 Å². The fraction of sp³-hybridized carbons (Fsp3) is 0.500. The average molecular weight is 332 g/mol. The number of rotatable bonds is 6. The third-order valence-corrected chi connectivity index (χ3v) is 3.21. The summed E-state index contributed by atoms with van der Waals surface area (Å²) in [5.41, 5.74) is 0.681. The van der Waals surface area contributed by atoms with Crippen molar-refractivity contribution in [2.75, 3.05) is 13.2 Å². The van der Waals surface area contributed by atoms with Gasteiger partial charge in [-0.3, -0.25) is 0 Å². The lowest BCUT2D eigenvalue weighted by Crippen LogP contribution is -2.33. The van der Waals surface area contributed by atoms with E-state index in [4.69, 9.17) is 4.74 Å². The van der Waals surface area contributed by atoms with Crippen LogP contribution in [0, 0.1) is 11.7 Å². The molecule has 0 aliphatic carbocycles. The van der Waals surface area contributed by atoms with Crippen LogP contribution in [-0.2, 0) is 9.53 Å². The molecule has 0 fully saturated rings. The van der Waals surface area contributed by atoms with Crippen molar-refractivity contribution < 1.29 is 13.9 Å². The minimum absolute atomic E-state index is 0.317. The van der Waals surface area contributed by atoms with E-state index < -0.39 is 6.04 Å².